The third-order valence-electron chi connectivity index (χ3n) is 3.58. The molecule has 3 aromatic rings. The third kappa shape index (κ3) is 2.89. The van der Waals surface area contributed by atoms with Gasteiger partial charge in [-0.05, 0) is 25.1 Å². The number of aryl methyl sites for hydroxylation is 1. The first-order valence-electron chi connectivity index (χ1n) is 6.99. The summed E-state index contributed by atoms with van der Waals surface area (Å²) >= 11 is 0. The Kier molecular flexibility index (Phi) is 3.76. The van der Waals surface area contributed by atoms with Crippen LogP contribution in [0.5, 0.6) is 0 Å². The number of aromatic nitrogens is 4. The van der Waals surface area contributed by atoms with Gasteiger partial charge in [-0.25, -0.2) is 0 Å². The summed E-state index contributed by atoms with van der Waals surface area (Å²) in [7, 11) is 1.63. The minimum Gasteiger partial charge on any atom is -0.319 e. The van der Waals surface area contributed by atoms with Crippen LogP contribution in [0.4, 0.5) is 5.82 Å². The van der Waals surface area contributed by atoms with Crippen LogP contribution in [0, 0.1) is 6.92 Å². The number of pyridine rings is 2. The van der Waals surface area contributed by atoms with Crippen molar-refractivity contribution in [2.75, 3.05) is 5.32 Å². The summed E-state index contributed by atoms with van der Waals surface area (Å²) < 4.78 is 1.40. The molecule has 7 nitrogen and oxygen atoms in total. The molecule has 0 fully saturated rings. The molecular weight excluding hydrogens is 294 g/mol. The van der Waals surface area contributed by atoms with Gasteiger partial charge in [0.1, 0.15) is 0 Å². The van der Waals surface area contributed by atoms with Crippen molar-refractivity contribution in [3.8, 4) is 11.3 Å². The van der Waals surface area contributed by atoms with Crippen molar-refractivity contribution < 1.29 is 4.79 Å². The summed E-state index contributed by atoms with van der Waals surface area (Å²) in [5, 5.41) is 9.76. The Labute approximate surface area is 132 Å². The van der Waals surface area contributed by atoms with Gasteiger partial charge in [0.2, 0.25) is 0 Å². The van der Waals surface area contributed by atoms with Crippen molar-refractivity contribution in [2.24, 2.45) is 7.05 Å². The molecule has 0 bridgehead atoms. The number of H-pyrrole nitrogens is 1. The Balaban J connectivity index is 1.86. The average Bonchev–Trinajstić information content (AvgIpc) is 2.92. The molecule has 23 heavy (non-hydrogen) atoms. The van der Waals surface area contributed by atoms with E-state index in [-0.39, 0.29) is 11.5 Å². The maximum absolute atomic E-state index is 12.3. The Morgan fingerprint density at radius 1 is 1.26 bits per heavy atom. The van der Waals surface area contributed by atoms with Gasteiger partial charge < -0.3 is 9.88 Å². The molecule has 0 spiro atoms. The van der Waals surface area contributed by atoms with Crippen LogP contribution in [-0.4, -0.2) is 25.7 Å². The van der Waals surface area contributed by atoms with E-state index in [2.05, 4.69) is 20.5 Å². The van der Waals surface area contributed by atoms with Crippen LogP contribution in [0.1, 0.15) is 15.9 Å². The number of carbonyl (C=O) groups is 1. The number of hydrogen-bond acceptors (Lipinski definition) is 4. The molecule has 0 saturated heterocycles. The summed E-state index contributed by atoms with van der Waals surface area (Å²) in [6, 6.07) is 6.59. The molecule has 0 aliphatic heterocycles. The van der Waals surface area contributed by atoms with Crippen LogP contribution in [0.3, 0.4) is 0 Å². The smallest absolute Gasteiger partial charge is 0.257 e. The summed E-state index contributed by atoms with van der Waals surface area (Å²) in [6.45, 7) is 1.86. The van der Waals surface area contributed by atoms with E-state index in [0.29, 0.717) is 11.4 Å². The second-order valence-electron chi connectivity index (χ2n) is 5.13. The zero-order chi connectivity index (χ0) is 16.4. The number of anilines is 1. The number of hydrogen-bond donors (Lipinski definition) is 2. The predicted molar refractivity (Wildman–Crippen MR) is 86.2 cm³/mol. The first kappa shape index (κ1) is 14.7. The van der Waals surface area contributed by atoms with Gasteiger partial charge >= 0.3 is 0 Å². The fourth-order valence-electron chi connectivity index (χ4n) is 2.19. The zero-order valence-corrected chi connectivity index (χ0v) is 12.7. The minimum atomic E-state index is -0.376. The fraction of sp³-hybridized carbons (Fsp3) is 0.125. The lowest BCUT2D eigenvalue weighted by Crippen LogP contribution is -2.20. The number of amides is 1. The number of aromatic amines is 1. The van der Waals surface area contributed by atoms with Crippen molar-refractivity contribution >= 4 is 11.7 Å². The molecule has 3 heterocycles. The van der Waals surface area contributed by atoms with Crippen molar-refractivity contribution in [1.29, 1.82) is 0 Å². The Morgan fingerprint density at radius 2 is 2.00 bits per heavy atom. The summed E-state index contributed by atoms with van der Waals surface area (Å²) in [5.74, 6) is 0.0565. The SMILES string of the molecule is Cc1c(NC(=O)c2ccn(C)c(=O)c2)n[nH]c1-c1ccncc1. The van der Waals surface area contributed by atoms with E-state index in [4.69, 9.17) is 0 Å². The molecule has 3 aromatic heterocycles. The zero-order valence-electron chi connectivity index (χ0n) is 12.7. The maximum atomic E-state index is 12.3. The first-order valence-corrected chi connectivity index (χ1v) is 6.99. The van der Waals surface area contributed by atoms with Gasteiger partial charge in [0, 0.05) is 48.4 Å². The van der Waals surface area contributed by atoms with Crippen molar-refractivity contribution in [2.45, 2.75) is 6.92 Å². The molecule has 0 aromatic carbocycles. The van der Waals surface area contributed by atoms with Crippen LogP contribution in [0.2, 0.25) is 0 Å². The molecule has 0 unspecified atom stereocenters. The van der Waals surface area contributed by atoms with Crippen molar-refractivity contribution in [1.82, 2.24) is 19.7 Å². The maximum Gasteiger partial charge on any atom is 0.257 e. The van der Waals surface area contributed by atoms with Crippen LogP contribution in [0.15, 0.2) is 47.7 Å². The standard InChI is InChI=1S/C16H15N5O2/c1-10-14(11-3-6-17-7-4-11)19-20-15(10)18-16(23)12-5-8-21(2)13(22)9-12/h3-9H,1-2H3,(H2,18,19,20,23). The molecule has 0 saturated carbocycles. The Hall–Kier alpha value is -3.22. The lowest BCUT2D eigenvalue weighted by Gasteiger charge is -2.04. The highest BCUT2D eigenvalue weighted by molar-refractivity contribution is 6.04. The third-order valence-corrected chi connectivity index (χ3v) is 3.58. The minimum absolute atomic E-state index is 0.242. The first-order chi connectivity index (χ1) is 11.1. The van der Waals surface area contributed by atoms with Crippen LogP contribution in [0.25, 0.3) is 11.3 Å². The second-order valence-corrected chi connectivity index (χ2v) is 5.13. The van der Waals surface area contributed by atoms with Gasteiger partial charge in [-0.2, -0.15) is 5.10 Å². The fourth-order valence-corrected chi connectivity index (χ4v) is 2.19. The Morgan fingerprint density at radius 3 is 2.70 bits per heavy atom. The molecule has 3 rings (SSSR count). The van der Waals surface area contributed by atoms with Crippen LogP contribution in [-0.2, 0) is 7.05 Å². The lowest BCUT2D eigenvalue weighted by molar-refractivity contribution is 0.102. The van der Waals surface area contributed by atoms with Gasteiger partial charge in [-0.15, -0.1) is 0 Å². The normalized spacial score (nSPS) is 10.5. The average molecular weight is 309 g/mol. The number of carbonyl (C=O) groups excluding carboxylic acids is 1. The molecule has 0 radical (unpaired) electrons. The monoisotopic (exact) mass is 309 g/mol. The topological polar surface area (TPSA) is 92.7 Å². The molecular formula is C16H15N5O2. The van der Waals surface area contributed by atoms with Gasteiger partial charge in [-0.1, -0.05) is 0 Å². The van der Waals surface area contributed by atoms with Gasteiger partial charge in [0.25, 0.3) is 11.5 Å². The van der Waals surface area contributed by atoms with E-state index in [9.17, 15) is 9.59 Å². The van der Waals surface area contributed by atoms with E-state index in [0.717, 1.165) is 16.8 Å². The van der Waals surface area contributed by atoms with Crippen LogP contribution < -0.4 is 10.9 Å². The van der Waals surface area contributed by atoms with Crippen molar-refractivity contribution in [3.63, 3.8) is 0 Å². The van der Waals surface area contributed by atoms with E-state index < -0.39 is 0 Å². The van der Waals surface area contributed by atoms with Gasteiger partial charge in [-0.3, -0.25) is 19.7 Å². The molecule has 0 aliphatic carbocycles. The van der Waals surface area contributed by atoms with Crippen molar-refractivity contribution in [3.05, 3.63) is 64.3 Å². The molecule has 0 aliphatic rings. The summed E-state index contributed by atoms with van der Waals surface area (Å²) in [4.78, 5) is 27.8. The highest BCUT2D eigenvalue weighted by atomic mass is 16.2. The molecule has 116 valence electrons. The number of nitrogens with one attached hydrogen (secondary N) is 2. The van der Waals surface area contributed by atoms with Crippen LogP contribution >= 0.6 is 0 Å². The molecule has 0 atom stereocenters. The molecule has 1 amide bonds. The van der Waals surface area contributed by atoms with E-state index in [1.165, 1.54) is 10.6 Å². The quantitative estimate of drug-likeness (QED) is 0.770. The highest BCUT2D eigenvalue weighted by Gasteiger charge is 2.14. The van der Waals surface area contributed by atoms with E-state index in [1.54, 1.807) is 31.7 Å². The van der Waals surface area contributed by atoms with Gasteiger partial charge in [0.15, 0.2) is 5.82 Å². The number of rotatable bonds is 3. The molecule has 7 heteroatoms. The second kappa shape index (κ2) is 5.88. The number of nitrogens with zero attached hydrogens (tertiary/aromatic N) is 3. The highest BCUT2D eigenvalue weighted by Crippen LogP contribution is 2.25. The largest absolute Gasteiger partial charge is 0.319 e. The lowest BCUT2D eigenvalue weighted by atomic mass is 10.1. The molecule has 2 N–H and O–H groups in total. The Bertz CT molecular complexity index is 912. The predicted octanol–water partition coefficient (Wildman–Crippen LogP) is 1.73. The van der Waals surface area contributed by atoms with E-state index in [1.807, 2.05) is 19.1 Å². The summed E-state index contributed by atoms with van der Waals surface area (Å²) in [6.07, 6.45) is 4.93. The van der Waals surface area contributed by atoms with E-state index >= 15 is 0 Å². The summed E-state index contributed by atoms with van der Waals surface area (Å²) in [5.41, 5.74) is 2.61. The van der Waals surface area contributed by atoms with Gasteiger partial charge in [0.05, 0.1) is 5.69 Å².